The van der Waals surface area contributed by atoms with E-state index in [0.29, 0.717) is 27.8 Å². The Balaban J connectivity index is 2.20. The molecule has 0 aliphatic rings. The molecule has 2 aromatic carbocycles. The lowest BCUT2D eigenvalue weighted by Crippen LogP contribution is -2.05. The van der Waals surface area contributed by atoms with E-state index in [1.165, 1.54) is 10.7 Å². The van der Waals surface area contributed by atoms with Crippen LogP contribution in [-0.4, -0.2) is 20.2 Å². The first-order valence-corrected chi connectivity index (χ1v) is 6.55. The van der Waals surface area contributed by atoms with Crippen LogP contribution in [-0.2, 0) is 0 Å². The molecule has 21 heavy (non-hydrogen) atoms. The largest absolute Gasteiger partial charge is 0.398 e. The lowest BCUT2D eigenvalue weighted by molar-refractivity contribution is 0.606. The second-order valence-corrected chi connectivity index (χ2v) is 4.96. The van der Waals surface area contributed by atoms with Crippen LogP contribution in [0.15, 0.2) is 36.4 Å². The molecule has 0 saturated heterocycles. The van der Waals surface area contributed by atoms with Gasteiger partial charge < -0.3 is 5.73 Å². The monoisotopic (exact) mass is 303 g/mol. The van der Waals surface area contributed by atoms with Gasteiger partial charge in [0.05, 0.1) is 10.7 Å². The smallest absolute Gasteiger partial charge is 0.187 e. The van der Waals surface area contributed by atoms with Crippen molar-refractivity contribution < 1.29 is 4.39 Å². The zero-order chi connectivity index (χ0) is 15.0. The first-order chi connectivity index (χ1) is 10.1. The van der Waals surface area contributed by atoms with Gasteiger partial charge in [0.1, 0.15) is 11.5 Å². The second kappa shape index (κ2) is 5.14. The Morgan fingerprint density at radius 2 is 2.05 bits per heavy atom. The third-order valence-corrected chi connectivity index (χ3v) is 3.47. The van der Waals surface area contributed by atoms with Crippen molar-refractivity contribution in [3.8, 4) is 17.1 Å². The van der Waals surface area contributed by atoms with E-state index in [4.69, 9.17) is 17.3 Å². The summed E-state index contributed by atoms with van der Waals surface area (Å²) in [6.45, 7) is 1.79. The number of halogens is 2. The lowest BCUT2D eigenvalue weighted by Gasteiger charge is -2.09. The fraction of sp³-hybridized carbons (Fsp3) is 0.0714. The highest BCUT2D eigenvalue weighted by molar-refractivity contribution is 6.33. The van der Waals surface area contributed by atoms with E-state index >= 15 is 0 Å². The molecule has 7 heteroatoms. The molecular weight excluding hydrogens is 293 g/mol. The predicted octanol–water partition coefficient (Wildman–Crippen LogP) is 3.01. The third kappa shape index (κ3) is 2.34. The first kappa shape index (κ1) is 13.5. The molecule has 2 N–H and O–H groups in total. The Morgan fingerprint density at radius 3 is 2.76 bits per heavy atom. The van der Waals surface area contributed by atoms with E-state index in [1.54, 1.807) is 37.3 Å². The van der Waals surface area contributed by atoms with Gasteiger partial charge in [-0.2, -0.15) is 4.68 Å². The molecule has 0 atom stereocenters. The lowest BCUT2D eigenvalue weighted by atomic mass is 10.1. The molecule has 106 valence electrons. The molecule has 0 bridgehead atoms. The van der Waals surface area contributed by atoms with Crippen LogP contribution in [0.5, 0.6) is 0 Å². The van der Waals surface area contributed by atoms with Gasteiger partial charge in [0, 0.05) is 5.56 Å². The predicted molar refractivity (Wildman–Crippen MR) is 78.7 cm³/mol. The summed E-state index contributed by atoms with van der Waals surface area (Å²) in [6, 6.07) is 9.83. The summed E-state index contributed by atoms with van der Waals surface area (Å²) in [5.74, 6) is -0.00273. The summed E-state index contributed by atoms with van der Waals surface area (Å²) in [7, 11) is 0. The molecular formula is C14H11ClFN5. The summed E-state index contributed by atoms with van der Waals surface area (Å²) < 4.78 is 15.4. The highest BCUT2D eigenvalue weighted by Gasteiger charge is 2.16. The maximum Gasteiger partial charge on any atom is 0.187 e. The summed E-state index contributed by atoms with van der Waals surface area (Å²) >= 11 is 5.91. The minimum Gasteiger partial charge on any atom is -0.398 e. The van der Waals surface area contributed by atoms with Gasteiger partial charge in [-0.15, -0.1) is 5.10 Å². The van der Waals surface area contributed by atoms with E-state index < -0.39 is 5.82 Å². The van der Waals surface area contributed by atoms with E-state index in [-0.39, 0.29) is 0 Å². The highest BCUT2D eigenvalue weighted by atomic mass is 35.5. The van der Waals surface area contributed by atoms with Gasteiger partial charge in [0.25, 0.3) is 0 Å². The normalized spacial score (nSPS) is 10.8. The van der Waals surface area contributed by atoms with E-state index in [2.05, 4.69) is 15.5 Å². The van der Waals surface area contributed by atoms with E-state index in [9.17, 15) is 4.39 Å². The van der Waals surface area contributed by atoms with Gasteiger partial charge in [0.2, 0.25) is 0 Å². The second-order valence-electron chi connectivity index (χ2n) is 4.56. The number of rotatable bonds is 2. The molecule has 3 aromatic rings. The number of nitrogens with two attached hydrogens (primary N) is 1. The van der Waals surface area contributed by atoms with E-state index in [0.717, 1.165) is 5.56 Å². The first-order valence-electron chi connectivity index (χ1n) is 6.17. The molecule has 0 unspecified atom stereocenters. The van der Waals surface area contributed by atoms with Gasteiger partial charge in [-0.05, 0) is 47.2 Å². The van der Waals surface area contributed by atoms with Crippen molar-refractivity contribution in [3.05, 3.63) is 52.8 Å². The maximum absolute atomic E-state index is 14.1. The molecule has 0 radical (unpaired) electrons. The molecule has 1 heterocycles. The SMILES string of the molecule is Cc1cccc(F)c1-n1nnnc1-c1ccc(Cl)c(N)c1. The Bertz CT molecular complexity index is 795. The fourth-order valence-electron chi connectivity index (χ4n) is 2.09. The summed E-state index contributed by atoms with van der Waals surface area (Å²) in [4.78, 5) is 0. The van der Waals surface area contributed by atoms with Crippen LogP contribution in [0, 0.1) is 12.7 Å². The van der Waals surface area contributed by atoms with Gasteiger partial charge in [0.15, 0.2) is 5.82 Å². The molecule has 0 spiro atoms. The summed E-state index contributed by atoms with van der Waals surface area (Å²) in [5, 5.41) is 11.9. The maximum atomic E-state index is 14.1. The van der Waals surface area contributed by atoms with Crippen molar-refractivity contribution in [2.45, 2.75) is 6.92 Å². The van der Waals surface area contributed by atoms with Gasteiger partial charge in [-0.3, -0.25) is 0 Å². The Labute approximate surface area is 125 Å². The van der Waals surface area contributed by atoms with E-state index in [1.807, 2.05) is 0 Å². The van der Waals surface area contributed by atoms with Crippen LogP contribution in [0.25, 0.3) is 17.1 Å². The van der Waals surface area contributed by atoms with Crippen molar-refractivity contribution in [2.75, 3.05) is 5.73 Å². The standard InChI is InChI=1S/C14H11ClFN5/c1-8-3-2-4-11(16)13(8)21-14(18-19-20-21)9-5-6-10(15)12(17)7-9/h2-7H,17H2,1H3. The molecule has 5 nitrogen and oxygen atoms in total. The van der Waals surface area contributed by atoms with Crippen molar-refractivity contribution in [1.82, 2.24) is 20.2 Å². The molecule has 0 aliphatic heterocycles. The van der Waals surface area contributed by atoms with Crippen LogP contribution in [0.4, 0.5) is 10.1 Å². The minimum absolute atomic E-state index is 0.311. The molecule has 0 saturated carbocycles. The van der Waals surface area contributed by atoms with Gasteiger partial charge in [-0.1, -0.05) is 23.7 Å². The Hall–Kier alpha value is -2.47. The average Bonchev–Trinajstić information content (AvgIpc) is 2.91. The minimum atomic E-state index is -0.398. The van der Waals surface area contributed by atoms with Crippen LogP contribution < -0.4 is 5.73 Å². The molecule has 0 amide bonds. The van der Waals surface area contributed by atoms with Crippen molar-refractivity contribution >= 4 is 17.3 Å². The summed E-state index contributed by atoms with van der Waals surface area (Å²) in [5.41, 5.74) is 7.90. The van der Waals surface area contributed by atoms with Crippen LogP contribution in [0.2, 0.25) is 5.02 Å². The zero-order valence-corrected chi connectivity index (χ0v) is 11.8. The fourth-order valence-corrected chi connectivity index (χ4v) is 2.21. The van der Waals surface area contributed by atoms with Crippen LogP contribution >= 0.6 is 11.6 Å². The molecule has 0 fully saturated rings. The van der Waals surface area contributed by atoms with Gasteiger partial charge in [-0.25, -0.2) is 4.39 Å². The highest BCUT2D eigenvalue weighted by Crippen LogP contribution is 2.27. The number of aromatic nitrogens is 4. The van der Waals surface area contributed by atoms with Crippen molar-refractivity contribution in [2.24, 2.45) is 0 Å². The Kier molecular flexibility index (Phi) is 3.31. The number of nitrogens with zero attached hydrogens (tertiary/aromatic N) is 4. The number of tetrazole rings is 1. The third-order valence-electron chi connectivity index (χ3n) is 3.12. The number of anilines is 1. The number of hydrogen-bond donors (Lipinski definition) is 1. The quantitative estimate of drug-likeness (QED) is 0.739. The average molecular weight is 304 g/mol. The number of benzene rings is 2. The van der Waals surface area contributed by atoms with Crippen LogP contribution in [0.3, 0.4) is 0 Å². The van der Waals surface area contributed by atoms with Gasteiger partial charge >= 0.3 is 0 Å². The topological polar surface area (TPSA) is 69.6 Å². The zero-order valence-electron chi connectivity index (χ0n) is 11.1. The number of aryl methyl sites for hydroxylation is 1. The van der Waals surface area contributed by atoms with Crippen LogP contribution in [0.1, 0.15) is 5.56 Å². The van der Waals surface area contributed by atoms with Crippen molar-refractivity contribution in [3.63, 3.8) is 0 Å². The number of nitrogen functional groups attached to an aromatic ring is 1. The Morgan fingerprint density at radius 1 is 1.24 bits per heavy atom. The number of para-hydroxylation sites is 1. The molecule has 0 aliphatic carbocycles. The molecule has 1 aromatic heterocycles. The number of hydrogen-bond acceptors (Lipinski definition) is 4. The summed E-state index contributed by atoms with van der Waals surface area (Å²) in [6.07, 6.45) is 0. The molecule has 3 rings (SSSR count). The van der Waals surface area contributed by atoms with Crippen molar-refractivity contribution in [1.29, 1.82) is 0 Å².